The van der Waals surface area contributed by atoms with E-state index in [1.165, 1.54) is 0 Å². The molecule has 0 N–H and O–H groups in total. The van der Waals surface area contributed by atoms with Gasteiger partial charge in [0.05, 0.1) is 36.3 Å². The zero-order chi connectivity index (χ0) is 30.9. The summed E-state index contributed by atoms with van der Waals surface area (Å²) in [7, 11) is 0. The summed E-state index contributed by atoms with van der Waals surface area (Å²) >= 11 is 0. The molecule has 6 aromatic carbocycles. The van der Waals surface area contributed by atoms with Crippen molar-refractivity contribution in [2.45, 2.75) is 0 Å². The van der Waals surface area contributed by atoms with Gasteiger partial charge < -0.3 is 4.57 Å². The Kier molecular flexibility index (Phi) is 6.62. The van der Waals surface area contributed by atoms with Gasteiger partial charge in [-0.2, -0.15) is 10.5 Å². The molecule has 7 rings (SSSR count). The molecule has 206 valence electrons. The van der Waals surface area contributed by atoms with Crippen LogP contribution in [0.15, 0.2) is 127 Å². The maximum absolute atomic E-state index is 9.90. The van der Waals surface area contributed by atoms with Crippen molar-refractivity contribution in [1.82, 2.24) is 4.57 Å². The number of nitriles is 2. The van der Waals surface area contributed by atoms with E-state index < -0.39 is 0 Å². The molecule has 0 fully saturated rings. The molecular formula is C40H21N5. The van der Waals surface area contributed by atoms with Gasteiger partial charge in [-0.15, -0.1) is 0 Å². The van der Waals surface area contributed by atoms with Crippen LogP contribution in [0.5, 0.6) is 0 Å². The van der Waals surface area contributed by atoms with Gasteiger partial charge in [-0.05, 0) is 70.8 Å². The summed E-state index contributed by atoms with van der Waals surface area (Å²) in [5, 5.41) is 21.7. The number of fused-ring (bicyclic) bond motifs is 3. The second-order valence-corrected chi connectivity index (χ2v) is 10.6. The van der Waals surface area contributed by atoms with E-state index in [-0.39, 0.29) is 0 Å². The van der Waals surface area contributed by atoms with Crippen LogP contribution in [0.3, 0.4) is 0 Å². The summed E-state index contributed by atoms with van der Waals surface area (Å²) in [6, 6.07) is 45.6. The first kappa shape index (κ1) is 26.9. The van der Waals surface area contributed by atoms with Crippen molar-refractivity contribution in [1.29, 1.82) is 10.5 Å². The molecule has 0 atom stereocenters. The molecule has 1 heterocycles. The van der Waals surface area contributed by atoms with Gasteiger partial charge in [0.2, 0.25) is 0 Å². The fraction of sp³-hybridized carbons (Fsp3) is 0. The summed E-state index contributed by atoms with van der Waals surface area (Å²) in [6.45, 7) is 15.5. The van der Waals surface area contributed by atoms with Crippen LogP contribution in [-0.4, -0.2) is 4.57 Å². The molecule has 0 aliphatic heterocycles. The highest BCUT2D eigenvalue weighted by atomic mass is 15.0. The van der Waals surface area contributed by atoms with Crippen LogP contribution < -0.4 is 0 Å². The van der Waals surface area contributed by atoms with Crippen molar-refractivity contribution < 1.29 is 0 Å². The molecule has 0 aliphatic carbocycles. The molecule has 0 spiro atoms. The first-order chi connectivity index (χ1) is 22.1. The van der Waals surface area contributed by atoms with E-state index in [1.54, 1.807) is 36.4 Å². The second-order valence-electron chi connectivity index (χ2n) is 10.6. The molecule has 0 saturated carbocycles. The van der Waals surface area contributed by atoms with E-state index in [2.05, 4.69) is 62.8 Å². The lowest BCUT2D eigenvalue weighted by atomic mass is 9.95. The van der Waals surface area contributed by atoms with E-state index in [4.69, 9.17) is 13.1 Å². The Labute approximate surface area is 260 Å². The Morgan fingerprint density at radius 2 is 0.956 bits per heavy atom. The van der Waals surface area contributed by atoms with Gasteiger partial charge in [0.1, 0.15) is 0 Å². The summed E-state index contributed by atoms with van der Waals surface area (Å²) in [4.78, 5) is 7.42. The Morgan fingerprint density at radius 3 is 1.42 bits per heavy atom. The molecule has 0 aliphatic rings. The molecule has 1 aromatic heterocycles. The van der Waals surface area contributed by atoms with Crippen molar-refractivity contribution in [2.24, 2.45) is 0 Å². The van der Waals surface area contributed by atoms with Gasteiger partial charge in [-0.1, -0.05) is 78.9 Å². The molecule has 0 unspecified atom stereocenters. The Hall–Kier alpha value is -6.92. The Bertz CT molecular complexity index is 2260. The fourth-order valence-electron chi connectivity index (χ4n) is 6.11. The lowest BCUT2D eigenvalue weighted by Crippen LogP contribution is -1.94. The quantitative estimate of drug-likeness (QED) is 0.197. The number of hydrogen-bond acceptors (Lipinski definition) is 2. The van der Waals surface area contributed by atoms with Gasteiger partial charge in [0.15, 0.2) is 11.4 Å². The highest BCUT2D eigenvalue weighted by molar-refractivity contribution is 6.12. The normalized spacial score (nSPS) is 10.6. The minimum Gasteiger partial charge on any atom is -0.309 e. The molecule has 0 saturated heterocycles. The van der Waals surface area contributed by atoms with Crippen molar-refractivity contribution >= 4 is 33.2 Å². The van der Waals surface area contributed by atoms with E-state index in [1.807, 2.05) is 54.6 Å². The van der Waals surface area contributed by atoms with Gasteiger partial charge in [-0.3, -0.25) is 0 Å². The maximum atomic E-state index is 9.90. The number of rotatable bonds is 4. The lowest BCUT2D eigenvalue weighted by Gasteiger charge is -2.11. The number of nitrogens with zero attached hydrogens (tertiary/aromatic N) is 5. The number of benzene rings is 6. The molecule has 5 nitrogen and oxygen atoms in total. The topological polar surface area (TPSA) is 61.2 Å². The predicted molar refractivity (Wildman–Crippen MR) is 179 cm³/mol. The molecule has 5 heteroatoms. The van der Waals surface area contributed by atoms with Crippen molar-refractivity contribution in [3.05, 3.63) is 161 Å². The summed E-state index contributed by atoms with van der Waals surface area (Å²) in [6.07, 6.45) is 0. The van der Waals surface area contributed by atoms with Gasteiger partial charge in [0, 0.05) is 38.7 Å². The maximum Gasteiger partial charge on any atom is 0.196 e. The molecule has 0 amide bonds. The summed E-state index contributed by atoms with van der Waals surface area (Å²) in [5.74, 6) is 0. The first-order valence-corrected chi connectivity index (χ1v) is 14.2. The van der Waals surface area contributed by atoms with E-state index in [9.17, 15) is 10.5 Å². The molecule has 0 radical (unpaired) electrons. The van der Waals surface area contributed by atoms with Crippen molar-refractivity contribution in [2.75, 3.05) is 0 Å². The predicted octanol–water partition coefficient (Wildman–Crippen LogP) is 10.6. The fourth-order valence-corrected chi connectivity index (χ4v) is 6.11. The molecule has 0 bridgehead atoms. The van der Waals surface area contributed by atoms with Gasteiger partial charge >= 0.3 is 0 Å². The Balaban J connectivity index is 1.52. The van der Waals surface area contributed by atoms with E-state index >= 15 is 0 Å². The molecule has 7 aromatic rings. The zero-order valence-electron chi connectivity index (χ0n) is 23.9. The highest BCUT2D eigenvalue weighted by Gasteiger charge is 2.19. The highest BCUT2D eigenvalue weighted by Crippen LogP contribution is 2.42. The molecule has 45 heavy (non-hydrogen) atoms. The van der Waals surface area contributed by atoms with E-state index in [0.29, 0.717) is 33.6 Å². The van der Waals surface area contributed by atoms with Crippen molar-refractivity contribution in [3.63, 3.8) is 0 Å². The third-order valence-electron chi connectivity index (χ3n) is 8.14. The monoisotopic (exact) mass is 571 g/mol. The SMILES string of the molecule is [C-]#[N+]c1cccc(C#N)c1-c1ccc2c(c1)c1cc(-c3c(C#N)cccc3[N+]#[C-])ccc1n2-c1ccc(-c2ccccc2)cc1. The number of hydrogen-bond donors (Lipinski definition) is 0. The Morgan fingerprint density at radius 1 is 0.489 bits per heavy atom. The van der Waals surface area contributed by atoms with E-state index in [0.717, 1.165) is 49.7 Å². The van der Waals surface area contributed by atoms with Crippen LogP contribution in [0.1, 0.15) is 11.1 Å². The zero-order valence-corrected chi connectivity index (χ0v) is 23.9. The minimum absolute atomic E-state index is 0.416. The average Bonchev–Trinajstić information content (AvgIpc) is 3.44. The second kappa shape index (κ2) is 11.1. The smallest absolute Gasteiger partial charge is 0.196 e. The minimum atomic E-state index is 0.416. The van der Waals surface area contributed by atoms with Crippen LogP contribution in [0.2, 0.25) is 0 Å². The van der Waals surface area contributed by atoms with Crippen LogP contribution in [0.25, 0.3) is 70.6 Å². The third-order valence-corrected chi connectivity index (χ3v) is 8.14. The average molecular weight is 572 g/mol. The van der Waals surface area contributed by atoms with Crippen LogP contribution in [-0.2, 0) is 0 Å². The van der Waals surface area contributed by atoms with Crippen LogP contribution in [0.4, 0.5) is 11.4 Å². The van der Waals surface area contributed by atoms with Crippen LogP contribution >= 0.6 is 0 Å². The van der Waals surface area contributed by atoms with Gasteiger partial charge in [0.25, 0.3) is 0 Å². The number of aromatic nitrogens is 1. The lowest BCUT2D eigenvalue weighted by molar-refractivity contribution is 1.18. The largest absolute Gasteiger partial charge is 0.309 e. The summed E-state index contributed by atoms with van der Waals surface area (Å²) < 4.78 is 2.20. The van der Waals surface area contributed by atoms with Crippen molar-refractivity contribution in [3.8, 4) is 51.2 Å². The van der Waals surface area contributed by atoms with Gasteiger partial charge in [-0.25, -0.2) is 9.69 Å². The first-order valence-electron chi connectivity index (χ1n) is 14.2. The summed E-state index contributed by atoms with van der Waals surface area (Å²) in [5.41, 5.74) is 9.60. The van der Waals surface area contributed by atoms with Crippen LogP contribution in [0, 0.1) is 35.8 Å². The standard InChI is InChI=1S/C40H21N5/c1-43-35-12-6-10-30(24-41)39(35)28-16-20-37-33(22-28)34-23-29(40-31(25-42)11-7-13-36(40)44-2)17-21-38(34)45(37)32-18-14-27(15-19-32)26-8-4-3-5-9-26/h3-23H. The molecular weight excluding hydrogens is 550 g/mol. The third kappa shape index (κ3) is 4.47.